The van der Waals surface area contributed by atoms with Crippen molar-refractivity contribution >= 4 is 15.5 Å². The van der Waals surface area contributed by atoms with E-state index in [0.717, 1.165) is 60.0 Å². The molecule has 0 unspecified atom stereocenters. The molecule has 0 bridgehead atoms. The molecule has 2 aliphatic heterocycles. The molecule has 2 heterocycles. The van der Waals surface area contributed by atoms with E-state index in [1.807, 2.05) is 48.5 Å². The van der Waals surface area contributed by atoms with Crippen LogP contribution in [0.25, 0.3) is 0 Å². The first-order chi connectivity index (χ1) is 20.4. The van der Waals surface area contributed by atoms with Gasteiger partial charge in [0.25, 0.3) is 0 Å². The van der Waals surface area contributed by atoms with Gasteiger partial charge in [-0.1, -0.05) is 48.5 Å². The lowest BCUT2D eigenvalue weighted by Crippen LogP contribution is -2.49. The van der Waals surface area contributed by atoms with Crippen LogP contribution in [0.4, 0.5) is 5.69 Å². The highest BCUT2D eigenvalue weighted by Gasteiger charge is 2.34. The molecule has 226 valence electrons. The Balaban J connectivity index is 1.28. The summed E-state index contributed by atoms with van der Waals surface area (Å²) in [5.41, 5.74) is 4.11. The number of hydrogen-bond acceptors (Lipinski definition) is 8. The normalized spacial score (nSPS) is 20.5. The molecule has 3 aromatic carbocycles. The first-order valence-corrected chi connectivity index (χ1v) is 16.5. The minimum atomic E-state index is -3.29. The molecule has 2 aliphatic rings. The minimum absolute atomic E-state index is 0.0422. The van der Waals surface area contributed by atoms with Gasteiger partial charge in [0.1, 0.15) is 18.1 Å². The van der Waals surface area contributed by atoms with E-state index in [4.69, 9.17) is 18.9 Å². The fraction of sp³-hybridized carbons (Fsp3) is 0.455. The number of ether oxygens (including phenoxy) is 4. The van der Waals surface area contributed by atoms with Crippen molar-refractivity contribution in [3.63, 3.8) is 0 Å². The smallest absolute Gasteiger partial charge is 0.155 e. The summed E-state index contributed by atoms with van der Waals surface area (Å²) in [5.74, 6) is 1.87. The third kappa shape index (κ3) is 8.04. The van der Waals surface area contributed by atoms with Gasteiger partial charge in [-0.2, -0.15) is 0 Å². The Hall–Kier alpha value is -3.11. The molecule has 9 heteroatoms. The van der Waals surface area contributed by atoms with Crippen LogP contribution >= 0.6 is 0 Å². The van der Waals surface area contributed by atoms with E-state index in [1.165, 1.54) is 0 Å². The Labute approximate surface area is 249 Å². The molecule has 8 nitrogen and oxygen atoms in total. The second-order valence-electron chi connectivity index (χ2n) is 11.1. The monoisotopic (exact) mass is 594 g/mol. The molecule has 0 aromatic heterocycles. The van der Waals surface area contributed by atoms with Gasteiger partial charge >= 0.3 is 0 Å². The first-order valence-electron chi connectivity index (χ1n) is 14.7. The lowest BCUT2D eigenvalue weighted by molar-refractivity contribution is 0.00440. The zero-order valence-electron chi connectivity index (χ0n) is 24.5. The van der Waals surface area contributed by atoms with Gasteiger partial charge in [0, 0.05) is 38.8 Å². The van der Waals surface area contributed by atoms with Crippen molar-refractivity contribution in [3.8, 4) is 11.5 Å². The number of hydrogen-bond donors (Lipinski definition) is 1. The second-order valence-corrected chi connectivity index (χ2v) is 13.2. The third-order valence-corrected chi connectivity index (χ3v) is 9.73. The van der Waals surface area contributed by atoms with Crippen LogP contribution < -0.4 is 19.7 Å². The largest absolute Gasteiger partial charge is 0.497 e. The van der Waals surface area contributed by atoms with Crippen molar-refractivity contribution in [2.75, 3.05) is 57.7 Å². The van der Waals surface area contributed by atoms with Gasteiger partial charge in [-0.25, -0.2) is 8.42 Å². The van der Waals surface area contributed by atoms with Crippen LogP contribution in [-0.2, 0) is 31.7 Å². The quantitative estimate of drug-likeness (QED) is 0.288. The molecule has 0 spiro atoms. The Morgan fingerprint density at radius 2 is 1.81 bits per heavy atom. The van der Waals surface area contributed by atoms with Gasteiger partial charge in [0.05, 0.1) is 43.6 Å². The molecule has 0 radical (unpaired) electrons. The van der Waals surface area contributed by atoms with E-state index in [2.05, 4.69) is 34.5 Å². The molecular formula is C33H42N2O6S. The molecule has 0 saturated carbocycles. The fourth-order valence-corrected chi connectivity index (χ4v) is 7.59. The van der Waals surface area contributed by atoms with Crippen molar-refractivity contribution in [1.29, 1.82) is 0 Å². The van der Waals surface area contributed by atoms with Crippen molar-refractivity contribution in [2.45, 2.75) is 43.3 Å². The number of piperidine rings is 1. The Bertz CT molecular complexity index is 1380. The maximum Gasteiger partial charge on any atom is 0.155 e. The maximum atomic E-state index is 13.1. The van der Waals surface area contributed by atoms with Crippen LogP contribution in [0.3, 0.4) is 0 Å². The SMILES string of the molecule is COCCCN1CCOc2ccc(CO[C@H]3CN[C@H](CS(=O)(=O)Cc4ccccc4)C[C@@H]3c3ccc(OC)cc3)cc21. The Morgan fingerprint density at radius 1 is 1.00 bits per heavy atom. The number of fused-ring (bicyclic) bond motifs is 1. The van der Waals surface area contributed by atoms with E-state index >= 15 is 0 Å². The van der Waals surface area contributed by atoms with E-state index in [-0.39, 0.29) is 29.6 Å². The van der Waals surface area contributed by atoms with Gasteiger partial charge in [-0.05, 0) is 53.8 Å². The number of nitrogens with one attached hydrogen (secondary N) is 1. The van der Waals surface area contributed by atoms with Crippen LogP contribution in [0.2, 0.25) is 0 Å². The summed E-state index contributed by atoms with van der Waals surface area (Å²) in [6.45, 7) is 4.19. The highest BCUT2D eigenvalue weighted by Crippen LogP contribution is 2.35. The average Bonchev–Trinajstić information content (AvgIpc) is 3.00. The predicted molar refractivity (Wildman–Crippen MR) is 165 cm³/mol. The molecule has 0 aliphatic carbocycles. The van der Waals surface area contributed by atoms with Crippen LogP contribution in [0, 0.1) is 0 Å². The number of nitrogens with zero attached hydrogens (tertiary/aromatic N) is 1. The fourth-order valence-electron chi connectivity index (χ4n) is 5.91. The number of benzene rings is 3. The summed E-state index contributed by atoms with van der Waals surface area (Å²) in [6, 6.07) is 23.5. The molecule has 3 atom stereocenters. The molecule has 1 fully saturated rings. The molecule has 0 amide bonds. The molecule has 1 N–H and O–H groups in total. The van der Waals surface area contributed by atoms with Crippen LogP contribution in [0.5, 0.6) is 11.5 Å². The van der Waals surface area contributed by atoms with E-state index in [0.29, 0.717) is 26.2 Å². The van der Waals surface area contributed by atoms with Gasteiger partial charge in [-0.15, -0.1) is 0 Å². The van der Waals surface area contributed by atoms with E-state index < -0.39 is 9.84 Å². The van der Waals surface area contributed by atoms with Gasteiger partial charge in [-0.3, -0.25) is 0 Å². The van der Waals surface area contributed by atoms with Crippen molar-refractivity contribution in [3.05, 3.63) is 89.5 Å². The van der Waals surface area contributed by atoms with Gasteiger partial charge < -0.3 is 29.2 Å². The Morgan fingerprint density at radius 3 is 2.57 bits per heavy atom. The summed E-state index contributed by atoms with van der Waals surface area (Å²) in [5, 5.41) is 3.49. The van der Waals surface area contributed by atoms with E-state index in [9.17, 15) is 8.42 Å². The summed E-state index contributed by atoms with van der Waals surface area (Å²) >= 11 is 0. The molecule has 5 rings (SSSR count). The zero-order valence-corrected chi connectivity index (χ0v) is 25.4. The maximum absolute atomic E-state index is 13.1. The summed E-state index contributed by atoms with van der Waals surface area (Å²) < 4.78 is 49.3. The summed E-state index contributed by atoms with van der Waals surface area (Å²) in [6.07, 6.45) is 1.50. The van der Waals surface area contributed by atoms with E-state index in [1.54, 1.807) is 14.2 Å². The van der Waals surface area contributed by atoms with Gasteiger partial charge in [0.15, 0.2) is 9.84 Å². The molecular weight excluding hydrogens is 552 g/mol. The Kier molecular flexibility index (Phi) is 10.4. The topological polar surface area (TPSA) is 86.3 Å². The summed E-state index contributed by atoms with van der Waals surface area (Å²) in [4.78, 5) is 2.35. The standard InChI is InChI=1S/C33H42N2O6S/c1-38-17-6-15-35-16-18-40-32-14-9-26(19-31(32)35)22-41-33-21-34-28(20-30(33)27-10-12-29(39-2)13-11-27)24-42(36,37)23-25-7-4-3-5-8-25/h3-5,7-14,19,28,30,33-34H,6,15-18,20-24H2,1-2H3/t28-,30+,33-/m0/s1. The third-order valence-electron chi connectivity index (χ3n) is 8.05. The molecule has 42 heavy (non-hydrogen) atoms. The zero-order chi connectivity index (χ0) is 29.4. The van der Waals surface area contributed by atoms with Crippen LogP contribution in [0.1, 0.15) is 35.4 Å². The van der Waals surface area contributed by atoms with Crippen molar-refractivity contribution in [2.24, 2.45) is 0 Å². The first kappa shape index (κ1) is 30.4. The highest BCUT2D eigenvalue weighted by molar-refractivity contribution is 7.90. The number of rotatable bonds is 13. The average molecular weight is 595 g/mol. The predicted octanol–water partition coefficient (Wildman–Crippen LogP) is 4.58. The second kappa shape index (κ2) is 14.4. The lowest BCUT2D eigenvalue weighted by atomic mass is 9.84. The minimum Gasteiger partial charge on any atom is -0.497 e. The van der Waals surface area contributed by atoms with Gasteiger partial charge in [0.2, 0.25) is 0 Å². The van der Waals surface area contributed by atoms with Crippen molar-refractivity contribution in [1.82, 2.24) is 5.32 Å². The molecule has 1 saturated heterocycles. The highest BCUT2D eigenvalue weighted by atomic mass is 32.2. The van der Waals surface area contributed by atoms with Crippen LogP contribution in [-0.4, -0.2) is 73.4 Å². The van der Waals surface area contributed by atoms with Crippen molar-refractivity contribution < 1.29 is 27.4 Å². The van der Waals surface area contributed by atoms with Crippen LogP contribution in [0.15, 0.2) is 72.8 Å². The number of methoxy groups -OCH3 is 2. The summed E-state index contributed by atoms with van der Waals surface area (Å²) in [7, 11) is 0.0906. The lowest BCUT2D eigenvalue weighted by Gasteiger charge is -2.37. The number of anilines is 1. The molecule has 3 aromatic rings. The number of sulfone groups is 1.